The lowest BCUT2D eigenvalue weighted by molar-refractivity contribution is -0.0161. The molecule has 1 amide bonds. The van der Waals surface area contributed by atoms with Gasteiger partial charge in [-0.05, 0) is 59.9 Å². The Labute approximate surface area is 226 Å². The van der Waals surface area contributed by atoms with Gasteiger partial charge in [0.2, 0.25) is 10.0 Å². The monoisotopic (exact) mass is 563 g/mol. The number of amides is 1. The van der Waals surface area contributed by atoms with Crippen LogP contribution in [0.1, 0.15) is 27.0 Å². The highest BCUT2D eigenvalue weighted by Crippen LogP contribution is 2.23. The summed E-state index contributed by atoms with van der Waals surface area (Å²) >= 11 is 0. The third-order valence-corrected chi connectivity index (χ3v) is 7.37. The quantitative estimate of drug-likeness (QED) is 0.328. The van der Waals surface area contributed by atoms with E-state index in [1.165, 1.54) is 37.4 Å². The summed E-state index contributed by atoms with van der Waals surface area (Å²) in [5.74, 6) is -0.822. The average molecular weight is 564 g/mol. The topological polar surface area (TPSA) is 102 Å². The molecule has 11 heteroatoms. The number of carbonyl (C=O) groups excluding carboxylic acids is 1. The summed E-state index contributed by atoms with van der Waals surface area (Å²) in [6, 6.07) is 19.0. The van der Waals surface area contributed by atoms with E-state index in [1.807, 2.05) is 0 Å². The minimum atomic E-state index is -3.65. The Hall–Kier alpha value is -3.41. The number of anilines is 1. The number of nitrogens with one attached hydrogen (secondary N) is 1. The van der Waals surface area contributed by atoms with E-state index in [-0.39, 0.29) is 36.6 Å². The molecule has 0 fully saturated rings. The lowest BCUT2D eigenvalue weighted by Crippen LogP contribution is -2.53. The summed E-state index contributed by atoms with van der Waals surface area (Å²) in [7, 11) is -2.31. The predicted octanol–water partition coefficient (Wildman–Crippen LogP) is 3.92. The van der Waals surface area contributed by atoms with E-state index >= 15 is 0 Å². The van der Waals surface area contributed by atoms with E-state index in [0.29, 0.717) is 17.5 Å². The van der Waals surface area contributed by atoms with Gasteiger partial charge in [-0.2, -0.15) is 0 Å². The van der Waals surface area contributed by atoms with Crippen LogP contribution < -0.4 is 15.4 Å². The van der Waals surface area contributed by atoms with Crippen molar-refractivity contribution in [2.24, 2.45) is 5.73 Å². The zero-order chi connectivity index (χ0) is 28.6. The number of nitrogens with zero attached hydrogens (tertiary/aromatic N) is 1. The molecule has 0 bridgehead atoms. The predicted molar refractivity (Wildman–Crippen MR) is 145 cm³/mol. The van der Waals surface area contributed by atoms with Crippen molar-refractivity contribution in [1.82, 2.24) is 5.32 Å². The molecular formula is C28H32F3N3O4S. The molecule has 0 aliphatic heterocycles. The SMILES string of the molecule is CN(c1cc(COC[C@](N)(Cc2ccccc2)C(F)F)cc(C(=O)NCCc2ccc(F)cc2)c1)S(C)(=O)=O. The Morgan fingerprint density at radius 2 is 1.69 bits per heavy atom. The van der Waals surface area contributed by atoms with Crippen molar-refractivity contribution in [1.29, 1.82) is 0 Å². The maximum Gasteiger partial charge on any atom is 0.258 e. The molecule has 0 aliphatic carbocycles. The lowest BCUT2D eigenvalue weighted by Gasteiger charge is -2.28. The van der Waals surface area contributed by atoms with Crippen LogP contribution in [0.3, 0.4) is 0 Å². The van der Waals surface area contributed by atoms with Gasteiger partial charge in [-0.25, -0.2) is 21.6 Å². The second kappa shape index (κ2) is 13.1. The third kappa shape index (κ3) is 8.81. The summed E-state index contributed by atoms with van der Waals surface area (Å²) in [6.07, 6.45) is -1.49. The summed E-state index contributed by atoms with van der Waals surface area (Å²) < 4.78 is 71.7. The summed E-state index contributed by atoms with van der Waals surface area (Å²) in [5.41, 5.74) is 6.32. The van der Waals surface area contributed by atoms with E-state index in [2.05, 4.69) is 5.32 Å². The number of halogens is 3. The smallest absolute Gasteiger partial charge is 0.258 e. The number of rotatable bonds is 13. The number of nitrogens with two attached hydrogens (primary N) is 1. The van der Waals surface area contributed by atoms with Gasteiger partial charge in [0.1, 0.15) is 11.4 Å². The van der Waals surface area contributed by atoms with Crippen LogP contribution in [0.25, 0.3) is 0 Å². The summed E-state index contributed by atoms with van der Waals surface area (Å²) in [6.45, 7) is -0.390. The van der Waals surface area contributed by atoms with Crippen LogP contribution in [-0.2, 0) is 34.2 Å². The zero-order valence-corrected chi connectivity index (χ0v) is 22.6. The molecule has 0 aromatic heterocycles. The molecule has 3 N–H and O–H groups in total. The van der Waals surface area contributed by atoms with Crippen LogP contribution in [0.15, 0.2) is 72.8 Å². The molecule has 0 unspecified atom stereocenters. The average Bonchev–Trinajstić information content (AvgIpc) is 2.89. The molecule has 0 saturated heterocycles. The van der Waals surface area contributed by atoms with Crippen molar-refractivity contribution in [2.75, 3.05) is 30.8 Å². The minimum Gasteiger partial charge on any atom is -0.375 e. The van der Waals surface area contributed by atoms with E-state index in [0.717, 1.165) is 16.1 Å². The van der Waals surface area contributed by atoms with Crippen molar-refractivity contribution in [2.45, 2.75) is 31.4 Å². The van der Waals surface area contributed by atoms with Crippen molar-refractivity contribution in [3.63, 3.8) is 0 Å². The van der Waals surface area contributed by atoms with Crippen LogP contribution in [0, 0.1) is 5.82 Å². The Morgan fingerprint density at radius 3 is 2.31 bits per heavy atom. The summed E-state index contributed by atoms with van der Waals surface area (Å²) in [5, 5.41) is 2.76. The van der Waals surface area contributed by atoms with E-state index in [9.17, 15) is 26.4 Å². The molecule has 0 radical (unpaired) electrons. The van der Waals surface area contributed by atoms with Crippen LogP contribution in [-0.4, -0.2) is 52.7 Å². The fourth-order valence-corrected chi connectivity index (χ4v) is 4.35. The number of hydrogen-bond acceptors (Lipinski definition) is 5. The molecule has 0 saturated carbocycles. The molecule has 39 heavy (non-hydrogen) atoms. The highest BCUT2D eigenvalue weighted by molar-refractivity contribution is 7.92. The molecule has 3 aromatic carbocycles. The molecule has 3 rings (SSSR count). The second-order valence-electron chi connectivity index (χ2n) is 9.44. The van der Waals surface area contributed by atoms with Gasteiger partial charge in [-0.15, -0.1) is 0 Å². The molecule has 7 nitrogen and oxygen atoms in total. The Morgan fingerprint density at radius 1 is 1.03 bits per heavy atom. The molecule has 3 aromatic rings. The number of benzene rings is 3. The number of ether oxygens (including phenoxy) is 1. The van der Waals surface area contributed by atoms with E-state index < -0.39 is 34.5 Å². The van der Waals surface area contributed by atoms with Gasteiger partial charge in [0, 0.05) is 19.2 Å². The number of carbonyl (C=O) groups is 1. The molecule has 0 heterocycles. The normalized spacial score (nSPS) is 13.2. The van der Waals surface area contributed by atoms with Crippen LogP contribution in [0.4, 0.5) is 18.9 Å². The van der Waals surface area contributed by atoms with Gasteiger partial charge in [0.15, 0.2) is 0 Å². The summed E-state index contributed by atoms with van der Waals surface area (Å²) in [4.78, 5) is 12.9. The fourth-order valence-electron chi connectivity index (χ4n) is 3.86. The standard InChI is InChI=1S/C28H32F3N3O4S/c1-34(39(2,36)37)25-15-22(18-38-19-28(32,27(30)31)17-21-6-4-3-5-7-21)14-23(16-25)26(35)33-13-12-20-8-10-24(29)11-9-20/h3-11,14-16,27H,12-13,17-19,32H2,1-2H3,(H,33,35)/t28-/m1/s1. The maximum absolute atomic E-state index is 13.9. The van der Waals surface area contributed by atoms with Gasteiger partial charge in [0.05, 0.1) is 25.2 Å². The minimum absolute atomic E-state index is 0.107. The van der Waals surface area contributed by atoms with Gasteiger partial charge in [-0.1, -0.05) is 42.5 Å². The van der Waals surface area contributed by atoms with Crippen LogP contribution >= 0.6 is 0 Å². The van der Waals surface area contributed by atoms with Crippen LogP contribution in [0.2, 0.25) is 0 Å². The zero-order valence-electron chi connectivity index (χ0n) is 21.7. The maximum atomic E-state index is 13.9. The second-order valence-corrected chi connectivity index (χ2v) is 11.5. The van der Waals surface area contributed by atoms with E-state index in [4.69, 9.17) is 10.5 Å². The van der Waals surface area contributed by atoms with Crippen molar-refractivity contribution in [3.8, 4) is 0 Å². The van der Waals surface area contributed by atoms with E-state index in [1.54, 1.807) is 42.5 Å². The molecule has 0 spiro atoms. The Balaban J connectivity index is 1.74. The highest BCUT2D eigenvalue weighted by Gasteiger charge is 2.36. The number of sulfonamides is 1. The van der Waals surface area contributed by atoms with Gasteiger partial charge in [0.25, 0.3) is 12.3 Å². The first kappa shape index (κ1) is 30.1. The van der Waals surface area contributed by atoms with Crippen molar-refractivity contribution in [3.05, 3.63) is 101 Å². The van der Waals surface area contributed by atoms with Gasteiger partial charge < -0.3 is 15.8 Å². The molecule has 0 aliphatic rings. The molecule has 1 atom stereocenters. The Bertz CT molecular complexity index is 1360. The van der Waals surface area contributed by atoms with Crippen molar-refractivity contribution < 1.29 is 31.1 Å². The first-order valence-corrected chi connectivity index (χ1v) is 14.0. The fraction of sp³-hybridized carbons (Fsp3) is 0.321. The lowest BCUT2D eigenvalue weighted by atomic mass is 9.93. The van der Waals surface area contributed by atoms with Gasteiger partial charge >= 0.3 is 0 Å². The number of hydrogen-bond donors (Lipinski definition) is 2. The molecular weight excluding hydrogens is 531 g/mol. The van der Waals surface area contributed by atoms with Crippen LogP contribution in [0.5, 0.6) is 0 Å². The first-order chi connectivity index (χ1) is 18.4. The highest BCUT2D eigenvalue weighted by atomic mass is 32.2. The Kier molecular flexibility index (Phi) is 10.1. The molecule has 210 valence electrons. The largest absolute Gasteiger partial charge is 0.375 e. The number of alkyl halides is 2. The third-order valence-electron chi connectivity index (χ3n) is 6.16. The first-order valence-electron chi connectivity index (χ1n) is 12.2. The van der Waals surface area contributed by atoms with Gasteiger partial charge in [-0.3, -0.25) is 9.10 Å². The van der Waals surface area contributed by atoms with Crippen molar-refractivity contribution >= 4 is 21.6 Å².